The summed E-state index contributed by atoms with van der Waals surface area (Å²) >= 11 is 0. The number of aromatic nitrogens is 5. The predicted octanol–water partition coefficient (Wildman–Crippen LogP) is 2.01. The molecule has 0 spiro atoms. The second-order valence-electron chi connectivity index (χ2n) is 5.63. The average Bonchev–Trinajstić information content (AvgIpc) is 3.23. The van der Waals surface area contributed by atoms with E-state index in [4.69, 9.17) is 4.74 Å². The Morgan fingerprint density at radius 3 is 2.84 bits per heavy atom. The minimum atomic E-state index is -0.0410. The molecule has 0 saturated heterocycles. The molecular formula is C17H20N6O2. The van der Waals surface area contributed by atoms with E-state index in [0.717, 1.165) is 11.4 Å². The van der Waals surface area contributed by atoms with Gasteiger partial charge in [-0.3, -0.25) is 14.2 Å². The van der Waals surface area contributed by atoms with E-state index in [1.54, 1.807) is 28.8 Å². The highest BCUT2D eigenvalue weighted by Crippen LogP contribution is 2.10. The van der Waals surface area contributed by atoms with Crippen LogP contribution in [0.5, 0.6) is 5.75 Å². The fourth-order valence-electron chi connectivity index (χ4n) is 2.30. The Labute approximate surface area is 145 Å². The van der Waals surface area contributed by atoms with Crippen molar-refractivity contribution in [2.24, 2.45) is 7.05 Å². The van der Waals surface area contributed by atoms with Crippen LogP contribution in [-0.4, -0.2) is 30.7 Å². The van der Waals surface area contributed by atoms with Gasteiger partial charge in [0.25, 0.3) is 0 Å². The quantitative estimate of drug-likeness (QED) is 0.678. The van der Waals surface area contributed by atoms with Crippen LogP contribution in [-0.2, 0) is 25.0 Å². The molecule has 8 heteroatoms. The van der Waals surface area contributed by atoms with Crippen molar-refractivity contribution in [2.75, 3.05) is 5.32 Å². The number of ether oxygens (including phenoxy) is 1. The molecule has 0 aliphatic carbocycles. The smallest absolute Gasteiger partial charge is 0.224 e. The first-order chi connectivity index (χ1) is 12.2. The molecular weight excluding hydrogens is 320 g/mol. The number of hydrogen-bond acceptors (Lipinski definition) is 5. The first-order valence-corrected chi connectivity index (χ1v) is 8.04. The molecule has 1 N–H and O–H groups in total. The molecule has 0 fully saturated rings. The number of nitrogens with zero attached hydrogens (tertiary/aromatic N) is 5. The van der Waals surface area contributed by atoms with E-state index in [9.17, 15) is 4.79 Å². The van der Waals surface area contributed by atoms with E-state index in [1.165, 1.54) is 0 Å². The molecule has 0 aliphatic rings. The summed E-state index contributed by atoms with van der Waals surface area (Å²) in [6.45, 7) is 0.990. The maximum Gasteiger partial charge on any atom is 0.224 e. The van der Waals surface area contributed by atoms with Crippen LogP contribution >= 0.6 is 0 Å². The van der Waals surface area contributed by atoms with Crippen molar-refractivity contribution >= 4 is 11.6 Å². The van der Waals surface area contributed by atoms with Gasteiger partial charge < -0.3 is 10.1 Å². The van der Waals surface area contributed by atoms with E-state index >= 15 is 0 Å². The zero-order chi connectivity index (χ0) is 17.5. The lowest BCUT2D eigenvalue weighted by Crippen LogP contribution is -2.12. The van der Waals surface area contributed by atoms with Crippen LogP contribution in [0.15, 0.2) is 48.9 Å². The summed E-state index contributed by atoms with van der Waals surface area (Å²) in [5, 5.41) is 14.9. The second kappa shape index (κ2) is 8.09. The number of nitrogens with one attached hydrogen (secondary N) is 1. The summed E-state index contributed by atoms with van der Waals surface area (Å²) in [5.74, 6) is 0.755. The van der Waals surface area contributed by atoms with Crippen LogP contribution in [0.2, 0.25) is 0 Å². The molecule has 0 atom stereocenters. The Hall–Kier alpha value is -3.16. The number of carbonyl (C=O) groups excluding carboxylic acids is 1. The molecule has 3 rings (SSSR count). The number of hydrogen-bond donors (Lipinski definition) is 1. The van der Waals surface area contributed by atoms with Gasteiger partial charge in [-0.05, 0) is 18.6 Å². The molecule has 1 amide bonds. The fraction of sp³-hybridized carbons (Fsp3) is 0.294. The first-order valence-electron chi connectivity index (χ1n) is 8.04. The zero-order valence-corrected chi connectivity index (χ0v) is 14.0. The minimum absolute atomic E-state index is 0.0410. The lowest BCUT2D eigenvalue weighted by molar-refractivity contribution is -0.116. The van der Waals surface area contributed by atoms with Gasteiger partial charge in [-0.1, -0.05) is 23.4 Å². The predicted molar refractivity (Wildman–Crippen MR) is 91.9 cm³/mol. The van der Waals surface area contributed by atoms with Gasteiger partial charge in [0.15, 0.2) is 0 Å². The number of benzene rings is 1. The molecule has 1 aromatic carbocycles. The van der Waals surface area contributed by atoms with Crippen molar-refractivity contribution in [3.05, 3.63) is 54.6 Å². The third-order valence-electron chi connectivity index (χ3n) is 3.50. The van der Waals surface area contributed by atoms with Gasteiger partial charge in [0.05, 0.1) is 18.1 Å². The SMILES string of the molecule is Cn1cc(NC(=O)CCCn2cc(COc3ccccc3)nn2)cn1. The van der Waals surface area contributed by atoms with Crippen molar-refractivity contribution < 1.29 is 9.53 Å². The molecule has 130 valence electrons. The monoisotopic (exact) mass is 340 g/mol. The first kappa shape index (κ1) is 16.7. The van der Waals surface area contributed by atoms with Gasteiger partial charge in [-0.25, -0.2) is 0 Å². The molecule has 0 bridgehead atoms. The minimum Gasteiger partial charge on any atom is -0.487 e. The summed E-state index contributed by atoms with van der Waals surface area (Å²) in [4.78, 5) is 11.9. The molecule has 0 radical (unpaired) electrons. The topological polar surface area (TPSA) is 86.9 Å². The Bertz CT molecular complexity index is 811. The number of amides is 1. The largest absolute Gasteiger partial charge is 0.487 e. The van der Waals surface area contributed by atoms with Crippen LogP contribution in [0, 0.1) is 0 Å². The average molecular weight is 340 g/mol. The van der Waals surface area contributed by atoms with Crippen molar-refractivity contribution in [2.45, 2.75) is 26.0 Å². The summed E-state index contributed by atoms with van der Waals surface area (Å²) in [6, 6.07) is 9.57. The Morgan fingerprint density at radius 1 is 1.24 bits per heavy atom. The van der Waals surface area contributed by atoms with Crippen molar-refractivity contribution in [3.8, 4) is 5.75 Å². The third kappa shape index (κ3) is 5.17. The summed E-state index contributed by atoms with van der Waals surface area (Å²) in [7, 11) is 1.81. The summed E-state index contributed by atoms with van der Waals surface area (Å²) < 4.78 is 8.99. The number of aryl methyl sites for hydroxylation is 2. The third-order valence-corrected chi connectivity index (χ3v) is 3.50. The molecule has 2 heterocycles. The Kier molecular flexibility index (Phi) is 5.40. The van der Waals surface area contributed by atoms with E-state index in [0.29, 0.717) is 31.7 Å². The summed E-state index contributed by atoms with van der Waals surface area (Å²) in [5.41, 5.74) is 1.46. The summed E-state index contributed by atoms with van der Waals surface area (Å²) in [6.07, 6.45) is 6.30. The Balaban J connectivity index is 1.39. The van der Waals surface area contributed by atoms with Crippen molar-refractivity contribution in [1.29, 1.82) is 0 Å². The van der Waals surface area contributed by atoms with Gasteiger partial charge in [0.2, 0.25) is 5.91 Å². The number of carbonyl (C=O) groups is 1. The van der Waals surface area contributed by atoms with Crippen LogP contribution in [0.25, 0.3) is 0 Å². The van der Waals surface area contributed by atoms with E-state index < -0.39 is 0 Å². The number of rotatable bonds is 8. The highest BCUT2D eigenvalue weighted by Gasteiger charge is 2.06. The highest BCUT2D eigenvalue weighted by atomic mass is 16.5. The van der Waals surface area contributed by atoms with Gasteiger partial charge in [-0.15, -0.1) is 5.10 Å². The maximum absolute atomic E-state index is 11.9. The molecule has 25 heavy (non-hydrogen) atoms. The highest BCUT2D eigenvalue weighted by molar-refractivity contribution is 5.90. The zero-order valence-electron chi connectivity index (χ0n) is 14.0. The normalized spacial score (nSPS) is 10.6. The molecule has 8 nitrogen and oxygen atoms in total. The Morgan fingerprint density at radius 2 is 2.08 bits per heavy atom. The van der Waals surface area contributed by atoms with E-state index in [-0.39, 0.29) is 5.91 Å². The fourth-order valence-corrected chi connectivity index (χ4v) is 2.30. The number of anilines is 1. The molecule has 0 saturated carbocycles. The van der Waals surface area contributed by atoms with Crippen LogP contribution < -0.4 is 10.1 Å². The van der Waals surface area contributed by atoms with Crippen LogP contribution in [0.4, 0.5) is 5.69 Å². The molecule has 3 aromatic rings. The molecule has 0 unspecified atom stereocenters. The van der Waals surface area contributed by atoms with Gasteiger partial charge >= 0.3 is 0 Å². The van der Waals surface area contributed by atoms with E-state index in [1.807, 2.05) is 36.5 Å². The molecule has 2 aromatic heterocycles. The molecule has 0 aliphatic heterocycles. The van der Waals surface area contributed by atoms with Crippen LogP contribution in [0.1, 0.15) is 18.5 Å². The van der Waals surface area contributed by atoms with Gasteiger partial charge in [0.1, 0.15) is 18.1 Å². The van der Waals surface area contributed by atoms with Crippen molar-refractivity contribution in [1.82, 2.24) is 24.8 Å². The second-order valence-corrected chi connectivity index (χ2v) is 5.63. The maximum atomic E-state index is 11.9. The van der Waals surface area contributed by atoms with Gasteiger partial charge in [-0.2, -0.15) is 5.10 Å². The lowest BCUT2D eigenvalue weighted by Gasteiger charge is -2.03. The van der Waals surface area contributed by atoms with Crippen LogP contribution in [0.3, 0.4) is 0 Å². The van der Waals surface area contributed by atoms with Gasteiger partial charge in [0, 0.05) is 26.2 Å². The number of para-hydroxylation sites is 1. The standard InChI is InChI=1S/C17H20N6O2/c1-22-11-14(10-18-22)19-17(24)8-5-9-23-12-15(20-21-23)13-25-16-6-3-2-4-7-16/h2-4,6-7,10-12H,5,8-9,13H2,1H3,(H,19,24). The van der Waals surface area contributed by atoms with Crippen molar-refractivity contribution in [3.63, 3.8) is 0 Å². The van der Waals surface area contributed by atoms with E-state index in [2.05, 4.69) is 20.7 Å². The lowest BCUT2D eigenvalue weighted by atomic mass is 10.3.